The monoisotopic (exact) mass is 353 g/mol. The number of benzene rings is 2. The molecule has 1 amide bonds. The molecule has 0 bridgehead atoms. The molecule has 0 fully saturated rings. The number of aryl methyl sites for hydroxylation is 2. The number of rotatable bonds is 6. The van der Waals surface area contributed by atoms with E-state index < -0.39 is 0 Å². The number of ether oxygens (including phenoxy) is 2. The largest absolute Gasteiger partial charge is 0.496 e. The van der Waals surface area contributed by atoms with Crippen LogP contribution in [0.2, 0.25) is 0 Å². The smallest absolute Gasteiger partial charge is 0.263 e. The third-order valence-corrected chi connectivity index (χ3v) is 3.77. The fourth-order valence-electron chi connectivity index (χ4n) is 2.51. The van der Waals surface area contributed by atoms with E-state index >= 15 is 0 Å². The van der Waals surface area contributed by atoms with Crippen LogP contribution in [0, 0.1) is 13.8 Å². The molecule has 26 heavy (non-hydrogen) atoms. The number of nitrogens with one attached hydrogen (secondary N) is 1. The van der Waals surface area contributed by atoms with Gasteiger partial charge in [-0.3, -0.25) is 4.79 Å². The van der Waals surface area contributed by atoms with Gasteiger partial charge < -0.3 is 14.8 Å². The van der Waals surface area contributed by atoms with Crippen molar-refractivity contribution in [2.75, 3.05) is 19.0 Å². The second kappa shape index (κ2) is 7.69. The average Bonchev–Trinajstić information content (AvgIpc) is 3.08. The quantitative estimate of drug-likeness (QED) is 0.731. The average molecular weight is 353 g/mol. The number of anilines is 1. The van der Waals surface area contributed by atoms with Gasteiger partial charge in [-0.1, -0.05) is 12.1 Å². The minimum atomic E-state index is -0.353. The maximum absolute atomic E-state index is 12.2. The first-order valence-corrected chi connectivity index (χ1v) is 8.03. The summed E-state index contributed by atoms with van der Waals surface area (Å²) in [6.07, 6.45) is 0. The predicted octanol–water partition coefficient (Wildman–Crippen LogP) is 3.38. The summed E-state index contributed by atoms with van der Waals surface area (Å²) in [6, 6.07) is 13.0. The van der Waals surface area contributed by atoms with Crippen molar-refractivity contribution in [3.63, 3.8) is 0 Å². The molecule has 1 aromatic heterocycles. The summed E-state index contributed by atoms with van der Waals surface area (Å²) >= 11 is 0. The highest BCUT2D eigenvalue weighted by Gasteiger charge is 2.16. The van der Waals surface area contributed by atoms with Crippen molar-refractivity contribution >= 4 is 11.7 Å². The highest BCUT2D eigenvalue weighted by Crippen LogP contribution is 2.28. The normalized spacial score (nSPS) is 10.4. The van der Waals surface area contributed by atoms with Crippen molar-refractivity contribution in [1.29, 1.82) is 0 Å². The molecule has 0 aliphatic heterocycles. The van der Waals surface area contributed by atoms with E-state index in [9.17, 15) is 4.79 Å². The molecule has 0 aliphatic rings. The topological polar surface area (TPSA) is 86.5 Å². The third-order valence-electron chi connectivity index (χ3n) is 3.77. The van der Waals surface area contributed by atoms with Gasteiger partial charge in [0.2, 0.25) is 5.82 Å². The van der Waals surface area contributed by atoms with Crippen LogP contribution < -0.4 is 14.8 Å². The fraction of sp³-hybridized carbons (Fsp3) is 0.211. The molecule has 7 heteroatoms. The fourth-order valence-corrected chi connectivity index (χ4v) is 2.51. The van der Waals surface area contributed by atoms with E-state index in [4.69, 9.17) is 14.1 Å². The second-order valence-corrected chi connectivity index (χ2v) is 5.80. The number of carbonyl (C=O) groups is 1. The van der Waals surface area contributed by atoms with Gasteiger partial charge in [0.25, 0.3) is 5.91 Å². The number of hydrogen-bond donors (Lipinski definition) is 1. The molecule has 1 N–H and O–H groups in total. The third kappa shape index (κ3) is 4.00. The lowest BCUT2D eigenvalue weighted by Gasteiger charge is -2.08. The molecule has 3 rings (SSSR count). The van der Waals surface area contributed by atoms with E-state index in [1.54, 1.807) is 13.2 Å². The Morgan fingerprint density at radius 2 is 2.00 bits per heavy atom. The van der Waals surface area contributed by atoms with Gasteiger partial charge in [-0.15, -0.1) is 0 Å². The Hall–Kier alpha value is -3.35. The summed E-state index contributed by atoms with van der Waals surface area (Å²) in [7, 11) is 1.61. The van der Waals surface area contributed by atoms with Crippen molar-refractivity contribution in [2.45, 2.75) is 13.8 Å². The lowest BCUT2D eigenvalue weighted by atomic mass is 10.1. The molecular weight excluding hydrogens is 334 g/mol. The van der Waals surface area contributed by atoms with E-state index in [2.05, 4.69) is 15.6 Å². The van der Waals surface area contributed by atoms with E-state index in [-0.39, 0.29) is 18.3 Å². The molecule has 2 aromatic carbocycles. The van der Waals surface area contributed by atoms with Gasteiger partial charge >= 0.3 is 0 Å². The highest BCUT2D eigenvalue weighted by atomic mass is 16.6. The first-order chi connectivity index (χ1) is 12.6. The first-order valence-electron chi connectivity index (χ1n) is 8.03. The van der Waals surface area contributed by atoms with Crippen molar-refractivity contribution in [3.05, 3.63) is 53.6 Å². The molecule has 0 atom stereocenters. The summed E-state index contributed by atoms with van der Waals surface area (Å²) in [4.78, 5) is 12.2. The zero-order valence-corrected chi connectivity index (χ0v) is 14.8. The minimum Gasteiger partial charge on any atom is -0.496 e. The van der Waals surface area contributed by atoms with E-state index in [0.717, 1.165) is 22.4 Å². The molecule has 1 heterocycles. The number of hydrogen-bond acceptors (Lipinski definition) is 6. The lowest BCUT2D eigenvalue weighted by Crippen LogP contribution is -2.20. The molecule has 0 saturated heterocycles. The molecule has 0 unspecified atom stereocenters. The first kappa shape index (κ1) is 17.5. The van der Waals surface area contributed by atoms with Gasteiger partial charge in [-0.2, -0.15) is 0 Å². The molecule has 7 nitrogen and oxygen atoms in total. The number of amides is 1. The van der Waals surface area contributed by atoms with Crippen LogP contribution in [0.4, 0.5) is 5.82 Å². The molecule has 0 aliphatic carbocycles. The van der Waals surface area contributed by atoms with Crippen molar-refractivity contribution in [2.24, 2.45) is 0 Å². The Labute approximate surface area is 150 Å². The van der Waals surface area contributed by atoms with Gasteiger partial charge in [-0.05, 0) is 65.6 Å². The van der Waals surface area contributed by atoms with Crippen LogP contribution in [0.5, 0.6) is 11.5 Å². The second-order valence-electron chi connectivity index (χ2n) is 5.80. The summed E-state index contributed by atoms with van der Waals surface area (Å²) in [5.74, 6) is 1.29. The lowest BCUT2D eigenvalue weighted by molar-refractivity contribution is -0.118. The van der Waals surface area contributed by atoms with Gasteiger partial charge in [0.05, 0.1) is 7.11 Å². The molecule has 0 spiro atoms. The maximum Gasteiger partial charge on any atom is 0.263 e. The van der Waals surface area contributed by atoms with Gasteiger partial charge in [0.15, 0.2) is 12.3 Å². The number of carbonyl (C=O) groups excluding carboxylic acids is 1. The highest BCUT2D eigenvalue weighted by molar-refractivity contribution is 5.94. The molecule has 134 valence electrons. The Morgan fingerprint density at radius 1 is 1.15 bits per heavy atom. The summed E-state index contributed by atoms with van der Waals surface area (Å²) in [5.41, 5.74) is 3.20. The van der Waals surface area contributed by atoms with Crippen LogP contribution in [0.25, 0.3) is 11.3 Å². The predicted molar refractivity (Wildman–Crippen MR) is 96.3 cm³/mol. The van der Waals surface area contributed by atoms with Crippen LogP contribution in [-0.4, -0.2) is 29.9 Å². The van der Waals surface area contributed by atoms with Crippen LogP contribution in [0.1, 0.15) is 11.1 Å². The zero-order chi connectivity index (χ0) is 18.5. The number of aromatic nitrogens is 2. The summed E-state index contributed by atoms with van der Waals surface area (Å²) in [5, 5.41) is 10.3. The number of nitrogens with zero attached hydrogens (tertiary/aromatic N) is 2. The molecule has 3 aromatic rings. The van der Waals surface area contributed by atoms with Crippen LogP contribution in [0.3, 0.4) is 0 Å². The van der Waals surface area contributed by atoms with Gasteiger partial charge in [0, 0.05) is 5.56 Å². The zero-order valence-electron chi connectivity index (χ0n) is 14.8. The minimum absolute atomic E-state index is 0.141. The standard InChI is InChI=1S/C19H19N3O4/c1-12-5-4-6-15(9-12)25-11-17(23)20-19-18(21-26-22-19)14-7-8-16(24-3)13(2)10-14/h4-10H,11H2,1-3H3,(H,20,22,23). The Kier molecular flexibility index (Phi) is 5.17. The van der Waals surface area contributed by atoms with Gasteiger partial charge in [0.1, 0.15) is 11.5 Å². The molecule has 0 radical (unpaired) electrons. The Morgan fingerprint density at radius 3 is 2.73 bits per heavy atom. The Bertz CT molecular complexity index is 921. The van der Waals surface area contributed by atoms with Crippen LogP contribution in [0.15, 0.2) is 47.1 Å². The van der Waals surface area contributed by atoms with Crippen molar-refractivity contribution in [1.82, 2.24) is 10.3 Å². The van der Waals surface area contributed by atoms with E-state index in [1.165, 1.54) is 0 Å². The molecular formula is C19H19N3O4. The Balaban J connectivity index is 1.68. The summed E-state index contributed by atoms with van der Waals surface area (Å²) < 4.78 is 15.5. The van der Waals surface area contributed by atoms with Crippen LogP contribution >= 0.6 is 0 Å². The van der Waals surface area contributed by atoms with Gasteiger partial charge in [-0.25, -0.2) is 4.63 Å². The van der Waals surface area contributed by atoms with Crippen molar-refractivity contribution < 1.29 is 18.9 Å². The van der Waals surface area contributed by atoms with Crippen molar-refractivity contribution in [3.8, 4) is 22.8 Å². The number of methoxy groups -OCH3 is 1. The SMILES string of the molecule is COc1ccc(-c2nonc2NC(=O)COc2cccc(C)c2)cc1C. The van der Waals surface area contributed by atoms with E-state index in [0.29, 0.717) is 11.4 Å². The summed E-state index contributed by atoms with van der Waals surface area (Å²) in [6.45, 7) is 3.73. The van der Waals surface area contributed by atoms with Crippen LogP contribution in [-0.2, 0) is 4.79 Å². The molecule has 0 saturated carbocycles. The van der Waals surface area contributed by atoms with E-state index in [1.807, 2.05) is 50.2 Å². The maximum atomic E-state index is 12.2.